The molecule has 0 N–H and O–H groups in total. The molecule has 0 fully saturated rings. The molecule has 0 spiro atoms. The Kier molecular flexibility index (Phi) is 9.33. The van der Waals surface area contributed by atoms with Crippen molar-refractivity contribution >= 4 is 8.89 Å². The van der Waals surface area contributed by atoms with Crippen LogP contribution < -0.4 is 29.7 Å². The summed E-state index contributed by atoms with van der Waals surface area (Å²) < 4.78 is 3.76. The van der Waals surface area contributed by atoms with Gasteiger partial charge in [0.2, 0.25) is 0 Å². The summed E-state index contributed by atoms with van der Waals surface area (Å²) >= 11 is -2.63. The zero-order chi connectivity index (χ0) is 25.5. The van der Waals surface area contributed by atoms with Gasteiger partial charge in [0, 0.05) is 0 Å². The number of rotatable bonds is 5. The molecule has 2 aliphatic rings. The second-order valence-corrected chi connectivity index (χ2v) is 16.8. The van der Waals surface area contributed by atoms with Crippen molar-refractivity contribution in [3.05, 3.63) is 146 Å². The first-order chi connectivity index (χ1) is 18.0. The van der Waals surface area contributed by atoms with Crippen LogP contribution in [0.3, 0.4) is 0 Å². The van der Waals surface area contributed by atoms with Crippen LogP contribution in [-0.2, 0) is 21.3 Å². The maximum Gasteiger partial charge on any atom is -1.00 e. The van der Waals surface area contributed by atoms with E-state index in [1.165, 1.54) is 50.2 Å². The van der Waals surface area contributed by atoms with Crippen LogP contribution in [-0.4, -0.2) is 17.3 Å². The molecule has 0 heterocycles. The number of fused-ring (bicyclic) bond motifs is 3. The molecule has 196 valence electrons. The van der Waals surface area contributed by atoms with Gasteiger partial charge >= 0.3 is 230 Å². The largest absolute Gasteiger partial charge is 1.00 e. The Morgan fingerprint density at radius 1 is 0.692 bits per heavy atom. The van der Waals surface area contributed by atoms with E-state index in [1.54, 1.807) is 6.49 Å². The minimum atomic E-state index is -2.63. The van der Waals surface area contributed by atoms with Crippen LogP contribution in [0.4, 0.5) is 5.69 Å². The Bertz CT molecular complexity index is 1540. The number of allylic oxidation sites excluding steroid dienone is 4. The monoisotopic (exact) mass is 627 g/mol. The van der Waals surface area contributed by atoms with Crippen LogP contribution in [0.15, 0.2) is 124 Å². The number of hydrogen-bond acceptors (Lipinski definition) is 1. The second kappa shape index (κ2) is 12.3. The van der Waals surface area contributed by atoms with Gasteiger partial charge < -0.3 is 24.8 Å². The molecule has 0 aliphatic heterocycles. The molecule has 0 bridgehead atoms. The smallest absolute Gasteiger partial charge is 1.00 e. The summed E-state index contributed by atoms with van der Waals surface area (Å²) in [6.45, 7) is 4.62. The first-order valence-corrected chi connectivity index (χ1v) is 17.0. The van der Waals surface area contributed by atoms with E-state index in [1.807, 2.05) is 0 Å². The Morgan fingerprint density at radius 2 is 1.26 bits per heavy atom. The van der Waals surface area contributed by atoms with Gasteiger partial charge in [0.25, 0.3) is 0 Å². The molecule has 39 heavy (non-hydrogen) atoms. The van der Waals surface area contributed by atoms with Crippen LogP contribution >= 0.6 is 0 Å². The molecule has 1 unspecified atom stereocenters. The molecule has 4 aromatic carbocycles. The normalized spacial score (nSPS) is 14.7. The van der Waals surface area contributed by atoms with E-state index in [0.717, 1.165) is 6.42 Å². The molecule has 0 radical (unpaired) electrons. The summed E-state index contributed by atoms with van der Waals surface area (Å²) in [5.74, 6) is 0. The zero-order valence-corrected chi connectivity index (χ0v) is 26.8. The van der Waals surface area contributed by atoms with Gasteiger partial charge in [0.15, 0.2) is 0 Å². The summed E-state index contributed by atoms with van der Waals surface area (Å²) in [6, 6.07) is 38.8. The molecular formula is C35H33Cl2NZr. The molecule has 4 aromatic rings. The first-order valence-electron chi connectivity index (χ1n) is 13.2. The number of halogens is 2. The van der Waals surface area contributed by atoms with Crippen LogP contribution in [0.25, 0.3) is 11.1 Å². The number of benzene rings is 4. The molecule has 0 aromatic heterocycles. The van der Waals surface area contributed by atoms with Crippen LogP contribution in [0.5, 0.6) is 0 Å². The summed E-state index contributed by atoms with van der Waals surface area (Å²) in [4.78, 5) is 2.24. The van der Waals surface area contributed by atoms with Crippen LogP contribution in [0.2, 0.25) is 0 Å². The fourth-order valence-corrected chi connectivity index (χ4v) is 15.5. The third-order valence-corrected chi connectivity index (χ3v) is 16.2. The number of hydrogen-bond donors (Lipinski definition) is 0. The number of anilines is 1. The average Bonchev–Trinajstić information content (AvgIpc) is 3.44. The van der Waals surface area contributed by atoms with E-state index < -0.39 is 21.3 Å². The molecule has 1 atom stereocenters. The van der Waals surface area contributed by atoms with Gasteiger partial charge in [-0.2, -0.15) is 0 Å². The summed E-state index contributed by atoms with van der Waals surface area (Å²) in [6.07, 6.45) is 3.68. The van der Waals surface area contributed by atoms with Gasteiger partial charge in [-0.15, -0.1) is 0 Å². The minimum absolute atomic E-state index is 0. The predicted molar refractivity (Wildman–Crippen MR) is 155 cm³/mol. The zero-order valence-electron chi connectivity index (χ0n) is 22.9. The second-order valence-electron chi connectivity index (χ2n) is 10.5. The third kappa shape index (κ3) is 5.45. The Labute approximate surface area is 253 Å². The van der Waals surface area contributed by atoms with Crippen molar-refractivity contribution in [3.63, 3.8) is 0 Å². The third-order valence-electron chi connectivity index (χ3n) is 7.97. The molecule has 2 aliphatic carbocycles. The van der Waals surface area contributed by atoms with Crippen molar-refractivity contribution in [2.75, 3.05) is 19.0 Å². The van der Waals surface area contributed by atoms with Crippen molar-refractivity contribution in [1.29, 1.82) is 0 Å². The molecule has 1 nitrogen and oxygen atoms in total. The van der Waals surface area contributed by atoms with E-state index >= 15 is 0 Å². The van der Waals surface area contributed by atoms with Gasteiger partial charge in [0.05, 0.1) is 0 Å². The van der Waals surface area contributed by atoms with Crippen molar-refractivity contribution in [3.8, 4) is 11.1 Å². The Balaban J connectivity index is 0.00000176. The van der Waals surface area contributed by atoms with Gasteiger partial charge in [0.1, 0.15) is 0 Å². The van der Waals surface area contributed by atoms with Crippen molar-refractivity contribution in [2.24, 2.45) is 0 Å². The first kappa shape index (κ1) is 29.5. The molecule has 0 saturated heterocycles. The van der Waals surface area contributed by atoms with E-state index in [4.69, 9.17) is 0 Å². The van der Waals surface area contributed by atoms with E-state index in [0.29, 0.717) is 3.63 Å². The average molecular weight is 630 g/mol. The minimum Gasteiger partial charge on any atom is -1.00 e. The van der Waals surface area contributed by atoms with Gasteiger partial charge in [-0.25, -0.2) is 0 Å². The van der Waals surface area contributed by atoms with Gasteiger partial charge in [-0.05, 0) is 0 Å². The summed E-state index contributed by atoms with van der Waals surface area (Å²) in [7, 11) is 4.31. The van der Waals surface area contributed by atoms with E-state index in [9.17, 15) is 0 Å². The summed E-state index contributed by atoms with van der Waals surface area (Å²) in [5, 5.41) is 0. The molecular weight excluding hydrogens is 597 g/mol. The standard InChI is InChI=1S/C15H14N.C13H10.C7H9.2ClH.Zr/c1-16(2)13-7-8-15-12(10-13)9-11-5-3-4-6-14(11)15;1-3-7-12(8-4-1)11-13-9-5-2-6-10-13;1-6-4-3-5-7(6)2;;;/h3-10H,1-2H3;1-10H;4H,5H2,1-2H3;2*1H;/q;;;;;+2/p-2. The van der Waals surface area contributed by atoms with Crippen molar-refractivity contribution in [1.82, 2.24) is 0 Å². The number of nitrogens with zero attached hydrogens (tertiary/aromatic N) is 1. The van der Waals surface area contributed by atoms with Crippen LogP contribution in [0, 0.1) is 0 Å². The fraction of sp³-hybridized carbons (Fsp3) is 0.171. The SMILES string of the molecule is CC1=C(C)C[C]([Zr+2](=[C](c2ccccc2)c2ccccc2)[CH]2c3ccccc3-c3ccc(N(C)C)cc32)=C1.[Cl-].[Cl-]. The van der Waals surface area contributed by atoms with Crippen LogP contribution in [0.1, 0.15) is 46.1 Å². The molecule has 0 amide bonds. The van der Waals surface area contributed by atoms with Gasteiger partial charge in [-0.1, -0.05) is 0 Å². The van der Waals surface area contributed by atoms with Crippen molar-refractivity contribution in [2.45, 2.75) is 23.9 Å². The topological polar surface area (TPSA) is 3.24 Å². The predicted octanol–water partition coefficient (Wildman–Crippen LogP) is 2.34. The molecule has 4 heteroatoms. The Morgan fingerprint density at radius 3 is 1.82 bits per heavy atom. The molecule has 6 rings (SSSR count). The Hall–Kier alpha value is -2.51. The van der Waals surface area contributed by atoms with E-state index in [-0.39, 0.29) is 24.8 Å². The fourth-order valence-electron chi connectivity index (χ4n) is 6.00. The van der Waals surface area contributed by atoms with E-state index in [2.05, 4.69) is 142 Å². The van der Waals surface area contributed by atoms with Crippen molar-refractivity contribution < 1.29 is 46.1 Å². The molecule has 0 saturated carbocycles. The quantitative estimate of drug-likeness (QED) is 0.328. The summed E-state index contributed by atoms with van der Waals surface area (Å²) in [5.41, 5.74) is 12.9. The maximum atomic E-state index is 2.56. The maximum absolute atomic E-state index is 2.63. The van der Waals surface area contributed by atoms with Gasteiger partial charge in [-0.3, -0.25) is 0 Å².